The van der Waals surface area contributed by atoms with Crippen LogP contribution in [-0.2, 0) is 0 Å². The maximum absolute atomic E-state index is 11.2. The number of rotatable bonds is 3. The van der Waals surface area contributed by atoms with E-state index in [0.29, 0.717) is 5.88 Å². The number of amides is 1. The first-order valence-electron chi connectivity index (χ1n) is 6.28. The number of hydrogen-bond acceptors (Lipinski definition) is 4. The molecule has 0 unspecified atom stereocenters. The lowest BCUT2D eigenvalue weighted by Crippen LogP contribution is -2.24. The number of carbonyl (C=O) groups is 1. The highest BCUT2D eigenvalue weighted by atomic mass is 16.5. The average Bonchev–Trinajstić information content (AvgIpc) is 2.34. The topological polar surface area (TPSA) is 91.2 Å². The van der Waals surface area contributed by atoms with E-state index in [-0.39, 0.29) is 17.4 Å². The van der Waals surface area contributed by atoms with Crippen molar-refractivity contribution in [1.82, 2.24) is 4.98 Å². The van der Waals surface area contributed by atoms with Crippen LogP contribution in [0, 0.1) is 5.92 Å². The van der Waals surface area contributed by atoms with Crippen LogP contribution < -0.4 is 16.2 Å². The first kappa shape index (κ1) is 12.7. The predicted molar refractivity (Wildman–Crippen MR) is 69.2 cm³/mol. The van der Waals surface area contributed by atoms with Gasteiger partial charge in [-0.15, -0.1) is 0 Å². The maximum Gasteiger partial charge on any atom is 0.251 e. The second kappa shape index (κ2) is 5.25. The van der Waals surface area contributed by atoms with Crippen molar-refractivity contribution in [1.29, 1.82) is 0 Å². The van der Waals surface area contributed by atoms with Crippen molar-refractivity contribution in [2.24, 2.45) is 11.7 Å². The fourth-order valence-electron chi connectivity index (χ4n) is 2.24. The zero-order valence-corrected chi connectivity index (χ0v) is 10.6. The van der Waals surface area contributed by atoms with Crippen molar-refractivity contribution in [2.75, 3.05) is 5.73 Å². The third kappa shape index (κ3) is 2.91. The van der Waals surface area contributed by atoms with Crippen LogP contribution in [0.5, 0.6) is 5.88 Å². The van der Waals surface area contributed by atoms with Gasteiger partial charge in [0.15, 0.2) is 0 Å². The zero-order chi connectivity index (χ0) is 13.1. The molecular formula is C13H19N3O2. The van der Waals surface area contributed by atoms with Gasteiger partial charge in [-0.25, -0.2) is 4.98 Å². The molecule has 0 aromatic carbocycles. The van der Waals surface area contributed by atoms with E-state index >= 15 is 0 Å². The summed E-state index contributed by atoms with van der Waals surface area (Å²) in [6.45, 7) is 2.25. The SMILES string of the molecule is CC1CCC(Oc2cc(C(N)=O)c(N)cn2)CC1. The molecule has 1 aromatic rings. The Hall–Kier alpha value is -1.78. The van der Waals surface area contributed by atoms with Crippen molar-refractivity contribution in [3.05, 3.63) is 17.8 Å². The van der Waals surface area contributed by atoms with Crippen LogP contribution in [-0.4, -0.2) is 17.0 Å². The summed E-state index contributed by atoms with van der Waals surface area (Å²) in [5.74, 6) is 0.639. The number of nitrogens with zero attached hydrogens (tertiary/aromatic N) is 1. The molecule has 1 amide bonds. The van der Waals surface area contributed by atoms with Crippen molar-refractivity contribution in [2.45, 2.75) is 38.7 Å². The van der Waals surface area contributed by atoms with E-state index in [9.17, 15) is 4.79 Å². The molecule has 2 rings (SSSR count). The summed E-state index contributed by atoms with van der Waals surface area (Å²) in [6, 6.07) is 1.52. The number of anilines is 1. The molecule has 1 aliphatic rings. The lowest BCUT2D eigenvalue weighted by Gasteiger charge is -2.26. The van der Waals surface area contributed by atoms with E-state index in [1.165, 1.54) is 25.1 Å². The minimum Gasteiger partial charge on any atom is -0.474 e. The van der Waals surface area contributed by atoms with Crippen LogP contribution in [0.1, 0.15) is 43.0 Å². The Morgan fingerprint density at radius 2 is 2.06 bits per heavy atom. The number of nitrogen functional groups attached to an aromatic ring is 1. The zero-order valence-electron chi connectivity index (χ0n) is 10.6. The molecule has 0 bridgehead atoms. The van der Waals surface area contributed by atoms with Crippen LogP contribution >= 0.6 is 0 Å². The lowest BCUT2D eigenvalue weighted by molar-refractivity contribution is 0.0998. The smallest absolute Gasteiger partial charge is 0.251 e. The highest BCUT2D eigenvalue weighted by Gasteiger charge is 2.20. The van der Waals surface area contributed by atoms with Crippen molar-refractivity contribution in [3.63, 3.8) is 0 Å². The Balaban J connectivity index is 2.05. The molecule has 5 nitrogen and oxygen atoms in total. The Bertz CT molecular complexity index is 440. The Kier molecular flexibility index (Phi) is 3.69. The molecule has 1 aliphatic carbocycles. The van der Waals surface area contributed by atoms with Gasteiger partial charge in [0.25, 0.3) is 5.91 Å². The first-order valence-corrected chi connectivity index (χ1v) is 6.28. The van der Waals surface area contributed by atoms with E-state index in [4.69, 9.17) is 16.2 Å². The summed E-state index contributed by atoms with van der Waals surface area (Å²) in [7, 11) is 0. The molecule has 1 heterocycles. The highest BCUT2D eigenvalue weighted by molar-refractivity contribution is 5.97. The molecule has 1 fully saturated rings. The molecule has 1 saturated carbocycles. The second-order valence-electron chi connectivity index (χ2n) is 4.97. The van der Waals surface area contributed by atoms with Crippen LogP contribution in [0.3, 0.4) is 0 Å². The van der Waals surface area contributed by atoms with Crippen LogP contribution in [0.15, 0.2) is 12.3 Å². The molecule has 0 aliphatic heterocycles. The minimum atomic E-state index is -0.558. The molecular weight excluding hydrogens is 230 g/mol. The average molecular weight is 249 g/mol. The third-order valence-corrected chi connectivity index (χ3v) is 3.43. The Labute approximate surface area is 107 Å². The van der Waals surface area contributed by atoms with Crippen LogP contribution in [0.25, 0.3) is 0 Å². The predicted octanol–water partition coefficient (Wildman–Crippen LogP) is 1.72. The minimum absolute atomic E-state index is 0.179. The number of pyridine rings is 1. The normalized spacial score (nSPS) is 23.6. The van der Waals surface area contributed by atoms with E-state index in [0.717, 1.165) is 18.8 Å². The molecule has 0 saturated heterocycles. The molecule has 1 aromatic heterocycles. The van der Waals surface area contributed by atoms with Crippen molar-refractivity contribution >= 4 is 11.6 Å². The standard InChI is InChI=1S/C13H19N3O2/c1-8-2-4-9(5-3-8)18-12-6-10(13(15)17)11(14)7-16-12/h6-9H,2-5,14H2,1H3,(H2,15,17). The number of hydrogen-bond donors (Lipinski definition) is 2. The Morgan fingerprint density at radius 1 is 1.39 bits per heavy atom. The molecule has 5 heteroatoms. The summed E-state index contributed by atoms with van der Waals surface area (Å²) in [4.78, 5) is 15.2. The maximum atomic E-state index is 11.2. The van der Waals surface area contributed by atoms with Gasteiger partial charge in [0.05, 0.1) is 17.4 Å². The van der Waals surface area contributed by atoms with Gasteiger partial charge in [0.1, 0.15) is 6.10 Å². The van der Waals surface area contributed by atoms with Gasteiger partial charge in [-0.1, -0.05) is 6.92 Å². The molecule has 0 atom stereocenters. The highest BCUT2D eigenvalue weighted by Crippen LogP contribution is 2.27. The van der Waals surface area contributed by atoms with Gasteiger partial charge in [-0.05, 0) is 31.6 Å². The summed E-state index contributed by atoms with van der Waals surface area (Å²) in [6.07, 6.45) is 5.99. The van der Waals surface area contributed by atoms with E-state index in [1.54, 1.807) is 0 Å². The fourth-order valence-corrected chi connectivity index (χ4v) is 2.24. The van der Waals surface area contributed by atoms with Crippen LogP contribution in [0.2, 0.25) is 0 Å². The van der Waals surface area contributed by atoms with Crippen LogP contribution in [0.4, 0.5) is 5.69 Å². The lowest BCUT2D eigenvalue weighted by atomic mass is 9.89. The molecule has 98 valence electrons. The summed E-state index contributed by atoms with van der Waals surface area (Å²) in [5, 5.41) is 0. The van der Waals surface area contributed by atoms with E-state index in [2.05, 4.69) is 11.9 Å². The second-order valence-corrected chi connectivity index (χ2v) is 4.97. The summed E-state index contributed by atoms with van der Waals surface area (Å²) >= 11 is 0. The van der Waals surface area contributed by atoms with E-state index < -0.39 is 5.91 Å². The quantitative estimate of drug-likeness (QED) is 0.853. The van der Waals surface area contributed by atoms with Crippen molar-refractivity contribution < 1.29 is 9.53 Å². The number of primary amides is 1. The van der Waals surface area contributed by atoms with Gasteiger partial charge < -0.3 is 16.2 Å². The number of nitrogens with two attached hydrogens (primary N) is 2. The third-order valence-electron chi connectivity index (χ3n) is 3.43. The number of ether oxygens (including phenoxy) is 1. The molecule has 0 spiro atoms. The first-order chi connectivity index (χ1) is 8.56. The van der Waals surface area contributed by atoms with Gasteiger partial charge in [-0.2, -0.15) is 0 Å². The molecule has 18 heavy (non-hydrogen) atoms. The van der Waals surface area contributed by atoms with Gasteiger partial charge in [0, 0.05) is 6.07 Å². The monoisotopic (exact) mass is 249 g/mol. The number of carbonyl (C=O) groups excluding carboxylic acids is 1. The largest absolute Gasteiger partial charge is 0.474 e. The molecule has 0 radical (unpaired) electrons. The Morgan fingerprint density at radius 3 is 2.67 bits per heavy atom. The number of aromatic nitrogens is 1. The van der Waals surface area contributed by atoms with Gasteiger partial charge >= 0.3 is 0 Å². The van der Waals surface area contributed by atoms with Crippen molar-refractivity contribution in [3.8, 4) is 5.88 Å². The van der Waals surface area contributed by atoms with Gasteiger partial charge in [-0.3, -0.25) is 4.79 Å². The molecule has 4 N–H and O–H groups in total. The summed E-state index contributed by atoms with van der Waals surface area (Å²) in [5.41, 5.74) is 11.4. The van der Waals surface area contributed by atoms with Gasteiger partial charge in [0.2, 0.25) is 5.88 Å². The fraction of sp³-hybridized carbons (Fsp3) is 0.538. The van der Waals surface area contributed by atoms with E-state index in [1.807, 2.05) is 0 Å². The summed E-state index contributed by atoms with van der Waals surface area (Å²) < 4.78 is 5.78.